The lowest BCUT2D eigenvalue weighted by atomic mass is 10.1. The van der Waals surface area contributed by atoms with E-state index in [1.54, 1.807) is 0 Å². The molecule has 0 aliphatic rings. The van der Waals surface area contributed by atoms with Gasteiger partial charge in [0.15, 0.2) is 0 Å². The van der Waals surface area contributed by atoms with Crippen molar-refractivity contribution in [1.82, 2.24) is 0 Å². The highest BCUT2D eigenvalue weighted by molar-refractivity contribution is 7.44. The summed E-state index contributed by atoms with van der Waals surface area (Å²) in [6, 6.07) is 0. The Hall–Kier alpha value is 0.100. The van der Waals surface area contributed by atoms with Crippen molar-refractivity contribution < 1.29 is 4.57 Å². The summed E-state index contributed by atoms with van der Waals surface area (Å²) in [4.78, 5) is 0. The van der Waals surface area contributed by atoms with Gasteiger partial charge < -0.3 is 0 Å². The SMILES string of the molecule is CCCCCCCCCCCCCC[P+](=O)CCC. The van der Waals surface area contributed by atoms with E-state index in [1.165, 1.54) is 77.0 Å². The zero-order valence-corrected chi connectivity index (χ0v) is 14.4. The Balaban J connectivity index is 3.01. The lowest BCUT2D eigenvalue weighted by Gasteiger charge is -2.01. The van der Waals surface area contributed by atoms with Gasteiger partial charge in [0.1, 0.15) is 12.3 Å². The molecule has 0 saturated heterocycles. The normalized spacial score (nSPS) is 11.8. The predicted octanol–water partition coefficient (Wildman–Crippen LogP) is 6.92. The van der Waals surface area contributed by atoms with Crippen LogP contribution in [0.2, 0.25) is 0 Å². The number of unbranched alkanes of at least 4 members (excludes halogenated alkanes) is 11. The van der Waals surface area contributed by atoms with Crippen LogP contribution in [0.25, 0.3) is 0 Å². The average molecular weight is 287 g/mol. The molecule has 1 atom stereocenters. The molecule has 0 fully saturated rings. The summed E-state index contributed by atoms with van der Waals surface area (Å²) in [6.45, 7) is 4.40. The fourth-order valence-corrected chi connectivity index (χ4v) is 3.79. The van der Waals surface area contributed by atoms with Gasteiger partial charge in [0.2, 0.25) is 0 Å². The van der Waals surface area contributed by atoms with Gasteiger partial charge in [0, 0.05) is 0 Å². The summed E-state index contributed by atoms with van der Waals surface area (Å²) in [5, 5.41) is 0. The summed E-state index contributed by atoms with van der Waals surface area (Å²) < 4.78 is 11.5. The Morgan fingerprint density at radius 1 is 0.526 bits per heavy atom. The van der Waals surface area contributed by atoms with Crippen molar-refractivity contribution in [2.45, 2.75) is 97.3 Å². The molecule has 0 aliphatic heterocycles. The molecule has 0 radical (unpaired) electrons. The van der Waals surface area contributed by atoms with Crippen molar-refractivity contribution in [2.24, 2.45) is 0 Å². The van der Waals surface area contributed by atoms with E-state index in [2.05, 4.69) is 13.8 Å². The lowest BCUT2D eigenvalue weighted by Crippen LogP contribution is -1.85. The molecule has 0 aliphatic carbocycles. The van der Waals surface area contributed by atoms with Crippen molar-refractivity contribution in [1.29, 1.82) is 0 Å². The van der Waals surface area contributed by atoms with Gasteiger partial charge in [-0.3, -0.25) is 0 Å². The number of rotatable bonds is 15. The Labute approximate surface area is 122 Å². The van der Waals surface area contributed by atoms with Crippen LogP contribution in [-0.4, -0.2) is 12.3 Å². The van der Waals surface area contributed by atoms with E-state index < -0.39 is 7.80 Å². The molecule has 0 aromatic rings. The maximum atomic E-state index is 11.5. The maximum Gasteiger partial charge on any atom is 0.338 e. The molecule has 0 heterocycles. The average Bonchev–Trinajstić information content (AvgIpc) is 2.40. The lowest BCUT2D eigenvalue weighted by molar-refractivity contribution is 0.546. The monoisotopic (exact) mass is 287 g/mol. The molecule has 0 N–H and O–H groups in total. The molecule has 0 spiro atoms. The van der Waals surface area contributed by atoms with Crippen LogP contribution in [-0.2, 0) is 4.57 Å². The van der Waals surface area contributed by atoms with Crippen LogP contribution >= 0.6 is 7.80 Å². The van der Waals surface area contributed by atoms with Crippen molar-refractivity contribution >= 4 is 7.80 Å². The van der Waals surface area contributed by atoms with Gasteiger partial charge in [-0.1, -0.05) is 82.6 Å². The van der Waals surface area contributed by atoms with Gasteiger partial charge in [-0.15, -0.1) is 0 Å². The van der Waals surface area contributed by atoms with Crippen LogP contribution in [0.1, 0.15) is 97.3 Å². The Kier molecular flexibility index (Phi) is 16.2. The molecule has 0 saturated carbocycles. The summed E-state index contributed by atoms with van der Waals surface area (Å²) >= 11 is 0. The van der Waals surface area contributed by atoms with Crippen LogP contribution in [0.15, 0.2) is 0 Å². The van der Waals surface area contributed by atoms with Crippen LogP contribution < -0.4 is 0 Å². The maximum absolute atomic E-state index is 11.5. The first-order chi connectivity index (χ1) is 9.31. The van der Waals surface area contributed by atoms with E-state index in [0.29, 0.717) is 0 Å². The van der Waals surface area contributed by atoms with Gasteiger partial charge in [-0.25, -0.2) is 0 Å². The van der Waals surface area contributed by atoms with E-state index in [9.17, 15) is 4.57 Å². The molecule has 0 rings (SSSR count). The molecule has 1 nitrogen and oxygen atoms in total. The Bertz CT molecular complexity index is 192. The summed E-state index contributed by atoms with van der Waals surface area (Å²) in [6.07, 6.45) is 19.6. The molecule has 2 heteroatoms. The number of hydrogen-bond acceptors (Lipinski definition) is 1. The molecule has 114 valence electrons. The second-order valence-corrected chi connectivity index (χ2v) is 7.68. The topological polar surface area (TPSA) is 17.1 Å². The highest BCUT2D eigenvalue weighted by Crippen LogP contribution is 2.23. The highest BCUT2D eigenvalue weighted by atomic mass is 31.1. The number of hydrogen-bond donors (Lipinski definition) is 0. The summed E-state index contributed by atoms with van der Waals surface area (Å²) in [5.41, 5.74) is 0. The second kappa shape index (κ2) is 16.2. The zero-order chi connectivity index (χ0) is 14.2. The third-order valence-electron chi connectivity index (χ3n) is 3.73. The zero-order valence-electron chi connectivity index (χ0n) is 13.5. The van der Waals surface area contributed by atoms with Crippen molar-refractivity contribution in [2.75, 3.05) is 12.3 Å². The van der Waals surface area contributed by atoms with E-state index >= 15 is 0 Å². The quantitative estimate of drug-likeness (QED) is 0.236. The molecule has 0 amide bonds. The fraction of sp³-hybridized carbons (Fsp3) is 1.00. The smallest absolute Gasteiger partial charge is 0.0748 e. The predicted molar refractivity (Wildman–Crippen MR) is 88.7 cm³/mol. The van der Waals surface area contributed by atoms with E-state index in [-0.39, 0.29) is 0 Å². The van der Waals surface area contributed by atoms with Crippen molar-refractivity contribution in [3.8, 4) is 0 Å². The van der Waals surface area contributed by atoms with E-state index in [1.807, 2.05) is 0 Å². The molecule has 0 aromatic heterocycles. The summed E-state index contributed by atoms with van der Waals surface area (Å²) in [5.74, 6) is 0. The minimum atomic E-state index is -0.869. The molecule has 1 unspecified atom stereocenters. The van der Waals surface area contributed by atoms with E-state index in [0.717, 1.165) is 18.7 Å². The highest BCUT2D eigenvalue weighted by Gasteiger charge is 2.11. The largest absolute Gasteiger partial charge is 0.338 e. The third-order valence-corrected chi connectivity index (χ3v) is 5.50. The van der Waals surface area contributed by atoms with E-state index in [4.69, 9.17) is 0 Å². The van der Waals surface area contributed by atoms with Crippen LogP contribution in [0, 0.1) is 0 Å². The standard InChI is InChI=1S/C17H36OP/c1-3-5-6-7-8-9-10-11-12-13-14-15-17-19(18)16-4-2/h3-17H2,1-2H3/q+1. The Morgan fingerprint density at radius 2 is 0.947 bits per heavy atom. The second-order valence-electron chi connectivity index (χ2n) is 5.82. The summed E-state index contributed by atoms with van der Waals surface area (Å²) in [7, 11) is -0.869. The molecular formula is C17H36OP+. The van der Waals surface area contributed by atoms with Gasteiger partial charge >= 0.3 is 7.80 Å². The molecule has 0 bridgehead atoms. The molecular weight excluding hydrogens is 251 g/mol. The molecule has 0 aromatic carbocycles. The van der Waals surface area contributed by atoms with Crippen LogP contribution in [0.4, 0.5) is 0 Å². The van der Waals surface area contributed by atoms with Gasteiger partial charge in [0.25, 0.3) is 0 Å². The third kappa shape index (κ3) is 16.0. The minimum Gasteiger partial charge on any atom is -0.0748 e. The van der Waals surface area contributed by atoms with Crippen LogP contribution in [0.3, 0.4) is 0 Å². The first-order valence-electron chi connectivity index (χ1n) is 8.73. The minimum absolute atomic E-state index is 0.869. The Morgan fingerprint density at radius 3 is 1.37 bits per heavy atom. The van der Waals surface area contributed by atoms with Gasteiger partial charge in [-0.05, 0) is 19.3 Å². The van der Waals surface area contributed by atoms with Gasteiger partial charge in [-0.2, -0.15) is 0 Å². The first kappa shape index (κ1) is 19.1. The molecule has 19 heavy (non-hydrogen) atoms. The first-order valence-corrected chi connectivity index (χ1v) is 10.4. The van der Waals surface area contributed by atoms with Crippen LogP contribution in [0.5, 0.6) is 0 Å². The van der Waals surface area contributed by atoms with Gasteiger partial charge in [0.05, 0.1) is 0 Å². The fourth-order valence-electron chi connectivity index (χ4n) is 2.49. The van der Waals surface area contributed by atoms with Crippen molar-refractivity contribution in [3.63, 3.8) is 0 Å². The van der Waals surface area contributed by atoms with Crippen molar-refractivity contribution in [3.05, 3.63) is 0 Å².